The van der Waals surface area contributed by atoms with Gasteiger partial charge in [-0.25, -0.2) is 4.39 Å². The molecule has 0 saturated heterocycles. The average Bonchev–Trinajstić information content (AvgIpc) is 2.47. The van der Waals surface area contributed by atoms with Gasteiger partial charge in [0.05, 0.1) is 12.2 Å². The molecule has 0 aromatic heterocycles. The van der Waals surface area contributed by atoms with E-state index in [9.17, 15) is 9.18 Å². The van der Waals surface area contributed by atoms with Gasteiger partial charge in [-0.3, -0.25) is 4.79 Å². The van der Waals surface area contributed by atoms with Crippen molar-refractivity contribution in [1.29, 1.82) is 0 Å². The van der Waals surface area contributed by atoms with Gasteiger partial charge in [-0.1, -0.05) is 12.1 Å². The molecule has 0 fully saturated rings. The molecule has 0 aliphatic carbocycles. The zero-order chi connectivity index (χ0) is 13.2. The molecule has 3 heteroatoms. The second-order valence-electron chi connectivity index (χ2n) is 4.58. The highest BCUT2D eigenvalue weighted by Gasteiger charge is 2.20. The van der Waals surface area contributed by atoms with Crippen LogP contribution in [0.3, 0.4) is 0 Å². The van der Waals surface area contributed by atoms with Crippen molar-refractivity contribution in [1.82, 2.24) is 0 Å². The summed E-state index contributed by atoms with van der Waals surface area (Å²) in [5.41, 5.74) is 2.10. The minimum Gasteiger partial charge on any atom is -0.493 e. The van der Waals surface area contributed by atoms with Crippen LogP contribution in [0.4, 0.5) is 4.39 Å². The SMILES string of the molecule is O=C(c1ccc(F)cc1)c1cccc2c1OCCC2. The molecule has 96 valence electrons. The number of ketones is 1. The number of hydrogen-bond acceptors (Lipinski definition) is 2. The predicted molar refractivity (Wildman–Crippen MR) is 70.1 cm³/mol. The Morgan fingerprint density at radius 3 is 2.68 bits per heavy atom. The summed E-state index contributed by atoms with van der Waals surface area (Å²) in [4.78, 5) is 12.4. The first-order valence-corrected chi connectivity index (χ1v) is 6.30. The molecule has 0 spiro atoms. The van der Waals surface area contributed by atoms with Crippen molar-refractivity contribution in [2.45, 2.75) is 12.8 Å². The molecule has 3 rings (SSSR count). The van der Waals surface area contributed by atoms with Crippen LogP contribution in [-0.4, -0.2) is 12.4 Å². The molecule has 0 saturated carbocycles. The molecule has 0 amide bonds. The summed E-state index contributed by atoms with van der Waals surface area (Å²) in [6.45, 7) is 0.640. The lowest BCUT2D eigenvalue weighted by Gasteiger charge is -2.19. The Labute approximate surface area is 110 Å². The molecular formula is C16H13FO2. The van der Waals surface area contributed by atoms with E-state index in [0.29, 0.717) is 23.5 Å². The van der Waals surface area contributed by atoms with Crippen LogP contribution >= 0.6 is 0 Å². The fourth-order valence-electron chi connectivity index (χ4n) is 2.32. The van der Waals surface area contributed by atoms with Gasteiger partial charge in [0, 0.05) is 5.56 Å². The fraction of sp³-hybridized carbons (Fsp3) is 0.188. The van der Waals surface area contributed by atoms with Crippen molar-refractivity contribution >= 4 is 5.78 Å². The van der Waals surface area contributed by atoms with E-state index in [-0.39, 0.29) is 11.6 Å². The Morgan fingerprint density at radius 2 is 1.89 bits per heavy atom. The van der Waals surface area contributed by atoms with Gasteiger partial charge in [0.25, 0.3) is 0 Å². The third-order valence-corrected chi connectivity index (χ3v) is 3.28. The van der Waals surface area contributed by atoms with Crippen LogP contribution in [0.25, 0.3) is 0 Å². The van der Waals surface area contributed by atoms with Gasteiger partial charge in [-0.15, -0.1) is 0 Å². The first-order chi connectivity index (χ1) is 9.25. The van der Waals surface area contributed by atoms with E-state index in [1.807, 2.05) is 12.1 Å². The lowest BCUT2D eigenvalue weighted by molar-refractivity contribution is 0.103. The fourth-order valence-corrected chi connectivity index (χ4v) is 2.32. The molecule has 0 atom stereocenters. The smallest absolute Gasteiger partial charge is 0.196 e. The first-order valence-electron chi connectivity index (χ1n) is 6.30. The van der Waals surface area contributed by atoms with Gasteiger partial charge in [-0.05, 0) is 48.7 Å². The zero-order valence-electron chi connectivity index (χ0n) is 10.4. The van der Waals surface area contributed by atoms with E-state index in [1.54, 1.807) is 6.07 Å². The Balaban J connectivity index is 2.02. The number of rotatable bonds is 2. The van der Waals surface area contributed by atoms with Gasteiger partial charge in [-0.2, -0.15) is 0 Å². The van der Waals surface area contributed by atoms with E-state index in [0.717, 1.165) is 18.4 Å². The largest absolute Gasteiger partial charge is 0.493 e. The number of fused-ring (bicyclic) bond motifs is 1. The van der Waals surface area contributed by atoms with E-state index >= 15 is 0 Å². The molecular weight excluding hydrogens is 243 g/mol. The third kappa shape index (κ3) is 2.24. The second-order valence-corrected chi connectivity index (χ2v) is 4.58. The Hall–Kier alpha value is -2.16. The third-order valence-electron chi connectivity index (χ3n) is 3.28. The summed E-state index contributed by atoms with van der Waals surface area (Å²) in [5.74, 6) is 0.213. The number of ether oxygens (including phenoxy) is 1. The molecule has 19 heavy (non-hydrogen) atoms. The number of halogens is 1. The van der Waals surface area contributed by atoms with Crippen LogP contribution < -0.4 is 4.74 Å². The summed E-state index contributed by atoms with van der Waals surface area (Å²) in [7, 11) is 0. The monoisotopic (exact) mass is 256 g/mol. The number of hydrogen-bond donors (Lipinski definition) is 0. The molecule has 1 aliphatic heterocycles. The number of para-hydroxylation sites is 1. The van der Waals surface area contributed by atoms with Crippen LogP contribution in [-0.2, 0) is 6.42 Å². The van der Waals surface area contributed by atoms with Crippen LogP contribution in [0.15, 0.2) is 42.5 Å². The highest BCUT2D eigenvalue weighted by Crippen LogP contribution is 2.30. The molecule has 1 aliphatic rings. The van der Waals surface area contributed by atoms with Gasteiger partial charge in [0.15, 0.2) is 5.78 Å². The molecule has 0 N–H and O–H groups in total. The maximum absolute atomic E-state index is 12.9. The lowest BCUT2D eigenvalue weighted by Crippen LogP contribution is -2.13. The maximum Gasteiger partial charge on any atom is 0.196 e. The van der Waals surface area contributed by atoms with Crippen LogP contribution in [0.1, 0.15) is 27.9 Å². The van der Waals surface area contributed by atoms with Crippen LogP contribution in [0.2, 0.25) is 0 Å². The standard InChI is InChI=1S/C16H13FO2/c17-13-8-6-11(7-9-13)15(18)14-5-1-3-12-4-2-10-19-16(12)14/h1,3,5-9H,2,4,10H2. The van der Waals surface area contributed by atoms with Crippen LogP contribution in [0.5, 0.6) is 5.75 Å². The summed E-state index contributed by atoms with van der Waals surface area (Å²) in [6, 6.07) is 11.2. The Bertz CT molecular complexity index is 617. The molecule has 0 unspecified atom stereocenters. The van der Waals surface area contributed by atoms with Gasteiger partial charge in [0.1, 0.15) is 11.6 Å². The van der Waals surface area contributed by atoms with Gasteiger partial charge in [0.2, 0.25) is 0 Å². The Kier molecular flexibility index (Phi) is 3.03. The van der Waals surface area contributed by atoms with Crippen molar-refractivity contribution in [2.24, 2.45) is 0 Å². The number of carbonyl (C=O) groups excluding carboxylic acids is 1. The highest BCUT2D eigenvalue weighted by molar-refractivity contribution is 6.10. The quantitative estimate of drug-likeness (QED) is 0.770. The molecule has 2 nitrogen and oxygen atoms in total. The zero-order valence-corrected chi connectivity index (χ0v) is 10.4. The first kappa shape index (κ1) is 11.9. The van der Waals surface area contributed by atoms with Gasteiger partial charge >= 0.3 is 0 Å². The maximum atomic E-state index is 12.9. The predicted octanol–water partition coefficient (Wildman–Crippen LogP) is 3.38. The minimum absolute atomic E-state index is 0.126. The summed E-state index contributed by atoms with van der Waals surface area (Å²) in [5, 5.41) is 0. The van der Waals surface area contributed by atoms with E-state index < -0.39 is 0 Å². The summed E-state index contributed by atoms with van der Waals surface area (Å²) < 4.78 is 18.5. The van der Waals surface area contributed by atoms with Crippen molar-refractivity contribution in [2.75, 3.05) is 6.61 Å². The van der Waals surface area contributed by atoms with E-state index in [4.69, 9.17) is 4.74 Å². The summed E-state index contributed by atoms with van der Waals surface area (Å²) >= 11 is 0. The average molecular weight is 256 g/mol. The number of aryl methyl sites for hydroxylation is 1. The van der Waals surface area contributed by atoms with E-state index in [2.05, 4.69) is 0 Å². The molecule has 2 aromatic rings. The van der Waals surface area contributed by atoms with Crippen molar-refractivity contribution in [3.8, 4) is 5.75 Å². The van der Waals surface area contributed by atoms with Crippen LogP contribution in [0, 0.1) is 5.82 Å². The minimum atomic E-state index is -0.345. The van der Waals surface area contributed by atoms with E-state index in [1.165, 1.54) is 24.3 Å². The van der Waals surface area contributed by atoms with Gasteiger partial charge < -0.3 is 4.74 Å². The Morgan fingerprint density at radius 1 is 1.11 bits per heavy atom. The van der Waals surface area contributed by atoms with Crippen molar-refractivity contribution < 1.29 is 13.9 Å². The number of benzene rings is 2. The molecule has 2 aromatic carbocycles. The molecule has 0 radical (unpaired) electrons. The highest BCUT2D eigenvalue weighted by atomic mass is 19.1. The second kappa shape index (κ2) is 4.84. The molecule has 0 bridgehead atoms. The lowest BCUT2D eigenvalue weighted by atomic mass is 9.97. The summed E-state index contributed by atoms with van der Waals surface area (Å²) in [6.07, 6.45) is 1.90. The van der Waals surface area contributed by atoms with Crippen molar-refractivity contribution in [3.63, 3.8) is 0 Å². The molecule has 1 heterocycles. The van der Waals surface area contributed by atoms with Crippen molar-refractivity contribution in [3.05, 3.63) is 65.0 Å². The number of carbonyl (C=O) groups is 1. The topological polar surface area (TPSA) is 26.3 Å². The normalized spacial score (nSPS) is 13.5.